The van der Waals surface area contributed by atoms with Crippen molar-refractivity contribution in [2.24, 2.45) is 5.92 Å². The monoisotopic (exact) mass is 320 g/mol. The molecule has 1 heterocycles. The number of para-hydroxylation sites is 1. The van der Waals surface area contributed by atoms with E-state index in [4.69, 9.17) is 0 Å². The van der Waals surface area contributed by atoms with E-state index in [0.29, 0.717) is 6.54 Å². The van der Waals surface area contributed by atoms with Crippen LogP contribution in [0.25, 0.3) is 10.9 Å². The Morgan fingerprint density at radius 1 is 1.37 bits per heavy atom. The van der Waals surface area contributed by atoms with Gasteiger partial charge in [0.05, 0.1) is 4.60 Å². The van der Waals surface area contributed by atoms with Gasteiger partial charge in [-0.05, 0) is 46.8 Å². The summed E-state index contributed by atoms with van der Waals surface area (Å²) in [6.07, 6.45) is 4.17. The van der Waals surface area contributed by atoms with E-state index in [2.05, 4.69) is 38.4 Å². The molecule has 3 rings (SSSR count). The van der Waals surface area contributed by atoms with E-state index in [9.17, 15) is 4.79 Å². The highest BCUT2D eigenvalue weighted by Gasteiger charge is 2.24. The number of H-pyrrole nitrogens is 1. The molecule has 3 nitrogen and oxygen atoms in total. The van der Waals surface area contributed by atoms with Crippen LogP contribution in [0.3, 0.4) is 0 Å². The lowest BCUT2D eigenvalue weighted by Crippen LogP contribution is -2.35. The van der Waals surface area contributed by atoms with Crippen molar-refractivity contribution >= 4 is 32.7 Å². The quantitative estimate of drug-likeness (QED) is 0.891. The first-order valence-electron chi connectivity index (χ1n) is 6.78. The lowest BCUT2D eigenvalue weighted by molar-refractivity contribution is -0.127. The van der Waals surface area contributed by atoms with E-state index >= 15 is 0 Å². The molecule has 0 spiro atoms. The molecule has 1 saturated carbocycles. The third-order valence-electron chi connectivity index (χ3n) is 3.91. The maximum Gasteiger partial charge on any atom is 0.223 e. The van der Waals surface area contributed by atoms with Crippen molar-refractivity contribution < 1.29 is 4.79 Å². The first-order valence-corrected chi connectivity index (χ1v) is 7.58. The standard InChI is InChI=1S/C15H17BrN2O/c16-14-12(11-6-1-2-7-13(11)18-14)8-9-17-15(19)10-4-3-5-10/h1-2,6-7,10,18H,3-5,8-9H2,(H,17,19). The second kappa shape index (κ2) is 5.37. The maximum atomic E-state index is 11.8. The third-order valence-corrected chi connectivity index (χ3v) is 4.59. The average Bonchev–Trinajstić information content (AvgIpc) is 2.64. The van der Waals surface area contributed by atoms with Gasteiger partial charge in [0.25, 0.3) is 0 Å². The van der Waals surface area contributed by atoms with E-state index in [-0.39, 0.29) is 11.8 Å². The molecule has 1 aromatic heterocycles. The summed E-state index contributed by atoms with van der Waals surface area (Å²) in [7, 11) is 0. The second-order valence-electron chi connectivity index (χ2n) is 5.13. The predicted molar refractivity (Wildman–Crippen MR) is 80.1 cm³/mol. The van der Waals surface area contributed by atoms with E-state index < -0.39 is 0 Å². The van der Waals surface area contributed by atoms with Gasteiger partial charge in [0.2, 0.25) is 5.91 Å². The lowest BCUT2D eigenvalue weighted by Gasteiger charge is -2.23. The van der Waals surface area contributed by atoms with Crippen molar-refractivity contribution in [2.45, 2.75) is 25.7 Å². The second-order valence-corrected chi connectivity index (χ2v) is 5.92. The Morgan fingerprint density at radius 3 is 2.89 bits per heavy atom. The predicted octanol–water partition coefficient (Wildman–Crippen LogP) is 3.39. The lowest BCUT2D eigenvalue weighted by atomic mass is 9.85. The number of carbonyl (C=O) groups is 1. The molecule has 100 valence electrons. The Morgan fingerprint density at radius 2 is 2.16 bits per heavy atom. The summed E-state index contributed by atoms with van der Waals surface area (Å²) in [5.41, 5.74) is 2.37. The molecule has 1 aliphatic carbocycles. The zero-order valence-corrected chi connectivity index (χ0v) is 12.3. The maximum absolute atomic E-state index is 11.8. The van der Waals surface area contributed by atoms with E-state index in [0.717, 1.165) is 29.4 Å². The number of amides is 1. The molecule has 2 aromatic rings. The van der Waals surface area contributed by atoms with Crippen molar-refractivity contribution in [3.8, 4) is 0 Å². The highest BCUT2D eigenvalue weighted by Crippen LogP contribution is 2.27. The topological polar surface area (TPSA) is 44.9 Å². The number of rotatable bonds is 4. The molecule has 4 heteroatoms. The van der Waals surface area contributed by atoms with Gasteiger partial charge in [0.1, 0.15) is 0 Å². The molecule has 0 unspecified atom stereocenters. The number of benzene rings is 1. The Balaban J connectivity index is 1.64. The number of halogens is 1. The Labute approximate surface area is 120 Å². The van der Waals surface area contributed by atoms with E-state index in [1.54, 1.807) is 0 Å². The van der Waals surface area contributed by atoms with Crippen LogP contribution in [0.4, 0.5) is 0 Å². The summed E-state index contributed by atoms with van der Waals surface area (Å²) in [6.45, 7) is 0.704. The normalized spacial score (nSPS) is 15.4. The number of aromatic amines is 1. The SMILES string of the molecule is O=C(NCCc1c(Br)[nH]c2ccccc12)C1CCC1. The van der Waals surface area contributed by atoms with Gasteiger partial charge in [-0.25, -0.2) is 0 Å². The zero-order valence-electron chi connectivity index (χ0n) is 10.7. The van der Waals surface area contributed by atoms with Crippen molar-refractivity contribution in [3.05, 3.63) is 34.4 Å². The molecule has 0 bridgehead atoms. The van der Waals surface area contributed by atoms with Crippen LogP contribution in [-0.2, 0) is 11.2 Å². The number of hydrogen-bond donors (Lipinski definition) is 2. The minimum absolute atomic E-state index is 0.224. The van der Waals surface area contributed by atoms with E-state index in [1.165, 1.54) is 17.4 Å². The molecule has 0 atom stereocenters. The molecule has 19 heavy (non-hydrogen) atoms. The fourth-order valence-corrected chi connectivity index (χ4v) is 3.16. The van der Waals surface area contributed by atoms with Crippen LogP contribution >= 0.6 is 15.9 Å². The molecule has 1 aromatic carbocycles. The molecule has 0 aliphatic heterocycles. The fraction of sp³-hybridized carbons (Fsp3) is 0.400. The van der Waals surface area contributed by atoms with Gasteiger partial charge in [-0.2, -0.15) is 0 Å². The van der Waals surface area contributed by atoms with Crippen LogP contribution in [-0.4, -0.2) is 17.4 Å². The molecule has 0 saturated heterocycles. The Bertz CT molecular complexity index is 601. The summed E-state index contributed by atoms with van der Waals surface area (Å²) in [5.74, 6) is 0.494. The molecular formula is C15H17BrN2O. The number of fused-ring (bicyclic) bond motifs is 1. The van der Waals surface area contributed by atoms with Gasteiger partial charge in [0.15, 0.2) is 0 Å². The largest absolute Gasteiger partial charge is 0.356 e. The first-order chi connectivity index (χ1) is 9.25. The minimum atomic E-state index is 0.224. The first kappa shape index (κ1) is 12.7. The van der Waals surface area contributed by atoms with Crippen molar-refractivity contribution in [1.29, 1.82) is 0 Å². The van der Waals surface area contributed by atoms with Gasteiger partial charge < -0.3 is 10.3 Å². The van der Waals surface area contributed by atoms with Crippen LogP contribution in [0.15, 0.2) is 28.9 Å². The third kappa shape index (κ3) is 2.54. The highest BCUT2D eigenvalue weighted by atomic mass is 79.9. The molecule has 0 radical (unpaired) electrons. The Kier molecular flexibility index (Phi) is 3.60. The van der Waals surface area contributed by atoms with Gasteiger partial charge >= 0.3 is 0 Å². The zero-order chi connectivity index (χ0) is 13.2. The van der Waals surface area contributed by atoms with Crippen LogP contribution < -0.4 is 5.32 Å². The molecule has 1 fully saturated rings. The van der Waals surface area contributed by atoms with E-state index in [1.807, 2.05) is 12.1 Å². The molecule has 1 amide bonds. The van der Waals surface area contributed by atoms with Crippen LogP contribution in [0.1, 0.15) is 24.8 Å². The summed E-state index contributed by atoms with van der Waals surface area (Å²) >= 11 is 3.56. The van der Waals surface area contributed by atoms with Crippen LogP contribution in [0.2, 0.25) is 0 Å². The van der Waals surface area contributed by atoms with Gasteiger partial charge in [-0.15, -0.1) is 0 Å². The van der Waals surface area contributed by atoms with Gasteiger partial charge in [0, 0.05) is 23.4 Å². The molecule has 2 N–H and O–H groups in total. The minimum Gasteiger partial charge on any atom is -0.356 e. The summed E-state index contributed by atoms with van der Waals surface area (Å²) in [5, 5.41) is 4.27. The van der Waals surface area contributed by atoms with Crippen LogP contribution in [0, 0.1) is 5.92 Å². The number of nitrogens with one attached hydrogen (secondary N) is 2. The summed E-state index contributed by atoms with van der Waals surface area (Å²) in [4.78, 5) is 15.1. The van der Waals surface area contributed by atoms with Gasteiger partial charge in [-0.3, -0.25) is 4.79 Å². The fourth-order valence-electron chi connectivity index (χ4n) is 2.54. The molecule has 1 aliphatic rings. The van der Waals surface area contributed by atoms with Crippen LogP contribution in [0.5, 0.6) is 0 Å². The number of aromatic nitrogens is 1. The Hall–Kier alpha value is -1.29. The summed E-state index contributed by atoms with van der Waals surface area (Å²) in [6, 6.07) is 8.24. The summed E-state index contributed by atoms with van der Waals surface area (Å²) < 4.78 is 1.02. The van der Waals surface area contributed by atoms with Crippen molar-refractivity contribution in [2.75, 3.05) is 6.54 Å². The highest BCUT2D eigenvalue weighted by molar-refractivity contribution is 9.10. The number of hydrogen-bond acceptors (Lipinski definition) is 1. The number of carbonyl (C=O) groups excluding carboxylic acids is 1. The molecular weight excluding hydrogens is 304 g/mol. The van der Waals surface area contributed by atoms with Crippen molar-refractivity contribution in [1.82, 2.24) is 10.3 Å². The van der Waals surface area contributed by atoms with Gasteiger partial charge in [-0.1, -0.05) is 24.6 Å². The average molecular weight is 321 g/mol. The van der Waals surface area contributed by atoms with Crippen molar-refractivity contribution in [3.63, 3.8) is 0 Å². The smallest absolute Gasteiger partial charge is 0.223 e.